The number of nitrogens with zero attached hydrogens (tertiary/aromatic N) is 4. The van der Waals surface area contributed by atoms with Gasteiger partial charge in [0.2, 0.25) is 0 Å². The smallest absolute Gasteiger partial charge is 0.137 e. The number of hydrogen-bond donors (Lipinski definition) is 0. The molecule has 5 aromatic carbocycles. The van der Waals surface area contributed by atoms with E-state index in [-0.39, 0.29) is 16.2 Å². The molecule has 8 rings (SSSR count). The third-order valence-electron chi connectivity index (χ3n) is 11.4. The van der Waals surface area contributed by atoms with E-state index >= 15 is 0 Å². The Morgan fingerprint density at radius 2 is 1.17 bits per heavy atom. The van der Waals surface area contributed by atoms with Crippen LogP contribution in [0.2, 0.25) is 0 Å². The molecule has 0 N–H and O–H groups in total. The maximum absolute atomic E-state index is 6.66. The fourth-order valence-electron chi connectivity index (χ4n) is 7.27. The van der Waals surface area contributed by atoms with E-state index in [1.54, 1.807) is 0 Å². The van der Waals surface area contributed by atoms with E-state index in [4.69, 9.17) is 9.72 Å². The number of benzene rings is 5. The van der Waals surface area contributed by atoms with Gasteiger partial charge in [-0.2, -0.15) is 0 Å². The Hall–Kier alpha value is -5.55. The molecule has 0 radical (unpaired) electrons. The van der Waals surface area contributed by atoms with Gasteiger partial charge in [-0.25, -0.2) is 4.98 Å². The number of para-hydroxylation sites is 3. The quantitative estimate of drug-likeness (QED) is 0.175. The zero-order valence-electron chi connectivity index (χ0n) is 31.6. The Labute approximate surface area is 308 Å². The lowest BCUT2D eigenvalue weighted by atomic mass is 9.65. The second kappa shape index (κ2) is 12.3. The van der Waals surface area contributed by atoms with Crippen molar-refractivity contribution < 1.29 is 4.74 Å². The van der Waals surface area contributed by atoms with Gasteiger partial charge >= 0.3 is 0 Å². The van der Waals surface area contributed by atoms with Crippen LogP contribution in [0.5, 0.6) is 11.5 Å². The summed E-state index contributed by atoms with van der Waals surface area (Å²) in [5.41, 5.74) is 9.57. The first kappa shape index (κ1) is 33.6. The van der Waals surface area contributed by atoms with Crippen LogP contribution in [0.25, 0.3) is 27.6 Å². The lowest BCUT2D eigenvalue weighted by molar-refractivity contribution is 0.225. The third kappa shape index (κ3) is 5.78. The van der Waals surface area contributed by atoms with Crippen molar-refractivity contribution in [2.45, 2.75) is 66.2 Å². The van der Waals surface area contributed by atoms with Crippen molar-refractivity contribution in [1.82, 2.24) is 9.55 Å². The van der Waals surface area contributed by atoms with Crippen molar-refractivity contribution in [3.63, 3.8) is 0 Å². The topological polar surface area (TPSA) is 33.5 Å². The number of aromatic nitrogens is 2. The highest BCUT2D eigenvalue weighted by atomic mass is 16.5. The molecule has 3 heterocycles. The predicted octanol–water partition coefficient (Wildman–Crippen LogP) is 12.8. The van der Waals surface area contributed by atoms with Crippen LogP contribution in [0, 0.1) is 5.41 Å². The molecule has 0 saturated heterocycles. The van der Waals surface area contributed by atoms with Crippen molar-refractivity contribution in [2.75, 3.05) is 16.5 Å². The van der Waals surface area contributed by atoms with Gasteiger partial charge in [0.05, 0.1) is 22.4 Å². The molecule has 0 spiro atoms. The highest BCUT2D eigenvalue weighted by Crippen LogP contribution is 2.47. The number of hydrogen-bond acceptors (Lipinski definition) is 4. The van der Waals surface area contributed by atoms with E-state index in [1.807, 2.05) is 12.3 Å². The maximum atomic E-state index is 6.66. The van der Waals surface area contributed by atoms with E-state index in [9.17, 15) is 0 Å². The lowest BCUT2D eigenvalue weighted by Gasteiger charge is -2.40. The first-order valence-electron chi connectivity index (χ1n) is 18.3. The molecule has 5 nitrogen and oxygen atoms in total. The predicted molar refractivity (Wildman–Crippen MR) is 218 cm³/mol. The molecular formula is C47H48N4O. The van der Waals surface area contributed by atoms with Gasteiger partial charge in [-0.3, -0.25) is 4.57 Å². The SMILES string of the molecule is CC(C)(C)c1ccnc(-n2c3ccccc3c3ccc(Oc4cccc(N5CN(c6cccc(C(C)(C)C(C)(C)C)c6)c6ccccc65)c4)cc32)c1. The first-order chi connectivity index (χ1) is 24.8. The number of ether oxygens (including phenoxy) is 1. The van der Waals surface area contributed by atoms with Gasteiger partial charge in [0, 0.05) is 40.5 Å². The zero-order chi connectivity index (χ0) is 36.4. The molecule has 5 heteroatoms. The largest absolute Gasteiger partial charge is 0.457 e. The number of pyridine rings is 1. The molecular weight excluding hydrogens is 637 g/mol. The number of rotatable bonds is 6. The minimum Gasteiger partial charge on any atom is -0.457 e. The minimum absolute atomic E-state index is 0.00976. The molecule has 1 aliphatic heterocycles. The molecule has 0 atom stereocenters. The van der Waals surface area contributed by atoms with Gasteiger partial charge in [-0.15, -0.1) is 0 Å². The van der Waals surface area contributed by atoms with Gasteiger partial charge in [0.15, 0.2) is 0 Å². The monoisotopic (exact) mass is 684 g/mol. The first-order valence-corrected chi connectivity index (χ1v) is 18.3. The summed E-state index contributed by atoms with van der Waals surface area (Å²) in [7, 11) is 0. The Morgan fingerprint density at radius 1 is 0.538 bits per heavy atom. The molecule has 2 aromatic heterocycles. The van der Waals surface area contributed by atoms with Crippen molar-refractivity contribution in [3.05, 3.63) is 145 Å². The highest BCUT2D eigenvalue weighted by Gasteiger charge is 2.35. The molecule has 262 valence electrons. The fourth-order valence-corrected chi connectivity index (χ4v) is 7.27. The van der Waals surface area contributed by atoms with Crippen LogP contribution in [-0.2, 0) is 10.8 Å². The lowest BCUT2D eigenvalue weighted by Crippen LogP contribution is -2.34. The van der Waals surface area contributed by atoms with Crippen LogP contribution in [0.1, 0.15) is 66.5 Å². The summed E-state index contributed by atoms with van der Waals surface area (Å²) in [4.78, 5) is 9.64. The Kier molecular flexibility index (Phi) is 7.94. The van der Waals surface area contributed by atoms with E-state index in [2.05, 4.69) is 191 Å². The van der Waals surface area contributed by atoms with Gasteiger partial charge in [-0.05, 0) is 94.1 Å². The average molecular weight is 685 g/mol. The van der Waals surface area contributed by atoms with Crippen molar-refractivity contribution in [2.24, 2.45) is 5.41 Å². The zero-order valence-corrected chi connectivity index (χ0v) is 31.6. The summed E-state index contributed by atoms with van der Waals surface area (Å²) in [5.74, 6) is 2.47. The summed E-state index contributed by atoms with van der Waals surface area (Å²) in [6.45, 7) is 19.1. The third-order valence-corrected chi connectivity index (χ3v) is 11.4. The maximum Gasteiger partial charge on any atom is 0.137 e. The Balaban J connectivity index is 1.13. The number of anilines is 4. The minimum atomic E-state index is 0.00976. The fraction of sp³-hybridized carbons (Fsp3) is 0.255. The van der Waals surface area contributed by atoms with Gasteiger partial charge in [0.25, 0.3) is 0 Å². The summed E-state index contributed by atoms with van der Waals surface area (Å²) < 4.78 is 8.92. The van der Waals surface area contributed by atoms with E-state index in [0.717, 1.165) is 34.0 Å². The molecule has 0 saturated carbocycles. The second-order valence-electron chi connectivity index (χ2n) is 16.7. The molecule has 0 amide bonds. The molecule has 7 aromatic rings. The second-order valence-corrected chi connectivity index (χ2v) is 16.7. The molecule has 0 bridgehead atoms. The van der Waals surface area contributed by atoms with Crippen LogP contribution in [-0.4, -0.2) is 16.2 Å². The standard InChI is InChI=1S/C47H48N4O/c1-45(2,3)32-25-26-48-44(28-32)51-40-20-10-9-19-38(40)39-24-23-37(30-43(39)51)52-36-18-14-17-35(29-36)50-31-49(41-21-11-12-22-42(41)50)34-16-13-15-33(27-34)47(7,8)46(4,5)6/h9-30H,31H2,1-8H3. The Bertz CT molecular complexity index is 2440. The molecule has 1 aliphatic rings. The summed E-state index contributed by atoms with van der Waals surface area (Å²) in [5, 5.41) is 2.36. The van der Waals surface area contributed by atoms with Crippen LogP contribution in [0.4, 0.5) is 22.7 Å². The van der Waals surface area contributed by atoms with Crippen molar-refractivity contribution in [1.29, 1.82) is 0 Å². The summed E-state index contributed by atoms with van der Waals surface area (Å²) in [6.07, 6.45) is 1.92. The van der Waals surface area contributed by atoms with Crippen molar-refractivity contribution in [3.8, 4) is 17.3 Å². The van der Waals surface area contributed by atoms with Crippen molar-refractivity contribution >= 4 is 44.6 Å². The van der Waals surface area contributed by atoms with Crippen LogP contribution in [0.15, 0.2) is 134 Å². The summed E-state index contributed by atoms with van der Waals surface area (Å²) >= 11 is 0. The molecule has 0 unspecified atom stereocenters. The normalized spacial score (nSPS) is 13.6. The summed E-state index contributed by atoms with van der Waals surface area (Å²) in [6, 6.07) is 45.4. The average Bonchev–Trinajstić information content (AvgIpc) is 3.67. The van der Waals surface area contributed by atoms with Gasteiger partial charge in [-0.1, -0.05) is 104 Å². The van der Waals surface area contributed by atoms with E-state index < -0.39 is 0 Å². The molecule has 52 heavy (non-hydrogen) atoms. The van der Waals surface area contributed by atoms with Crippen LogP contribution in [0.3, 0.4) is 0 Å². The molecule has 0 aliphatic carbocycles. The van der Waals surface area contributed by atoms with Crippen LogP contribution < -0.4 is 14.5 Å². The van der Waals surface area contributed by atoms with Gasteiger partial charge in [0.1, 0.15) is 24.0 Å². The number of fused-ring (bicyclic) bond motifs is 4. The van der Waals surface area contributed by atoms with E-state index in [1.165, 1.54) is 39.0 Å². The Morgan fingerprint density at radius 3 is 1.88 bits per heavy atom. The highest BCUT2D eigenvalue weighted by molar-refractivity contribution is 6.09. The van der Waals surface area contributed by atoms with Gasteiger partial charge < -0.3 is 14.5 Å². The van der Waals surface area contributed by atoms with Crippen LogP contribution >= 0.6 is 0 Å². The molecule has 0 fully saturated rings. The van der Waals surface area contributed by atoms with E-state index in [0.29, 0.717) is 6.67 Å².